The van der Waals surface area contributed by atoms with E-state index in [4.69, 9.17) is 5.73 Å². The van der Waals surface area contributed by atoms with Crippen molar-refractivity contribution in [2.45, 2.75) is 25.0 Å². The molecule has 136 valence electrons. The van der Waals surface area contributed by atoms with Gasteiger partial charge in [0.25, 0.3) is 0 Å². The van der Waals surface area contributed by atoms with Gasteiger partial charge in [0.05, 0.1) is 6.10 Å². The monoisotopic (exact) mass is 377 g/mol. The van der Waals surface area contributed by atoms with Crippen LogP contribution in [0.5, 0.6) is 5.75 Å². The van der Waals surface area contributed by atoms with Crippen molar-refractivity contribution in [3.8, 4) is 5.75 Å². The quantitative estimate of drug-likeness (QED) is 0.714. The second-order valence-corrected chi connectivity index (χ2v) is 6.23. The summed E-state index contributed by atoms with van der Waals surface area (Å²) in [6, 6.07) is 6.90. The van der Waals surface area contributed by atoms with Gasteiger partial charge in [-0.3, -0.25) is 4.79 Å². The Hall–Kier alpha value is -1.21. The lowest BCUT2D eigenvalue weighted by atomic mass is 10.1. The van der Waals surface area contributed by atoms with Gasteiger partial charge >= 0.3 is 0 Å². The van der Waals surface area contributed by atoms with Crippen LogP contribution in [0, 0.1) is 5.92 Å². The number of benzene rings is 1. The fraction of sp³-hybridized carbons (Fsp3) is 0.562. The van der Waals surface area contributed by atoms with E-state index in [9.17, 15) is 15.0 Å². The zero-order chi connectivity index (χ0) is 15.7. The number of rotatable bonds is 2. The second kappa shape index (κ2) is 8.76. The van der Waals surface area contributed by atoms with Gasteiger partial charge in [-0.2, -0.15) is 0 Å². The molecule has 1 aliphatic carbocycles. The van der Waals surface area contributed by atoms with Gasteiger partial charge in [-0.1, -0.05) is 6.07 Å². The lowest BCUT2D eigenvalue weighted by Crippen LogP contribution is -2.50. The number of amides is 1. The van der Waals surface area contributed by atoms with Gasteiger partial charge in [-0.15, -0.1) is 24.8 Å². The van der Waals surface area contributed by atoms with Crippen LogP contribution in [-0.2, 0) is 4.79 Å². The molecule has 6 nitrogen and oxygen atoms in total. The largest absolute Gasteiger partial charge is 0.508 e. The molecule has 3 atom stereocenters. The van der Waals surface area contributed by atoms with Crippen LogP contribution in [0.3, 0.4) is 0 Å². The van der Waals surface area contributed by atoms with E-state index in [1.165, 1.54) is 0 Å². The van der Waals surface area contributed by atoms with Crippen LogP contribution in [0.25, 0.3) is 0 Å². The first kappa shape index (κ1) is 20.8. The number of hydrogen-bond acceptors (Lipinski definition) is 5. The third kappa shape index (κ3) is 4.45. The van der Waals surface area contributed by atoms with Crippen LogP contribution in [0.1, 0.15) is 12.8 Å². The van der Waals surface area contributed by atoms with Crippen LogP contribution in [0.15, 0.2) is 24.3 Å². The van der Waals surface area contributed by atoms with E-state index < -0.39 is 6.10 Å². The molecule has 4 N–H and O–H groups in total. The number of piperazine rings is 1. The molecule has 1 saturated heterocycles. The predicted octanol–water partition coefficient (Wildman–Crippen LogP) is 0.983. The Balaban J connectivity index is 0.00000144. The minimum absolute atomic E-state index is 0. The summed E-state index contributed by atoms with van der Waals surface area (Å²) in [5, 5.41) is 19.3. The molecule has 1 aliphatic heterocycles. The SMILES string of the molecule is Cl.Cl.N[C@@H]1C[C@H](C(=O)N2CCN(c3cccc(O)c3)CC2)C[C@H]1O. The molecule has 8 heteroatoms. The number of nitrogens with two attached hydrogens (primary N) is 1. The lowest BCUT2D eigenvalue weighted by molar-refractivity contribution is -0.135. The highest BCUT2D eigenvalue weighted by molar-refractivity contribution is 5.85. The van der Waals surface area contributed by atoms with E-state index in [-0.39, 0.29) is 48.4 Å². The summed E-state index contributed by atoms with van der Waals surface area (Å²) in [4.78, 5) is 16.5. The Kier molecular flexibility index (Phi) is 7.60. The summed E-state index contributed by atoms with van der Waals surface area (Å²) >= 11 is 0. The molecular weight excluding hydrogens is 353 g/mol. The molecule has 1 saturated carbocycles. The van der Waals surface area contributed by atoms with Crippen LogP contribution in [0.2, 0.25) is 0 Å². The van der Waals surface area contributed by atoms with Gasteiger partial charge in [0, 0.05) is 49.9 Å². The highest BCUT2D eigenvalue weighted by atomic mass is 35.5. The Morgan fingerprint density at radius 1 is 1.12 bits per heavy atom. The van der Waals surface area contributed by atoms with Crippen molar-refractivity contribution in [2.75, 3.05) is 31.1 Å². The Morgan fingerprint density at radius 3 is 2.33 bits per heavy atom. The molecule has 0 radical (unpaired) electrons. The number of aliphatic hydroxyl groups is 1. The van der Waals surface area contributed by atoms with E-state index in [1.54, 1.807) is 12.1 Å². The number of halogens is 2. The zero-order valence-corrected chi connectivity index (χ0v) is 15.0. The van der Waals surface area contributed by atoms with E-state index >= 15 is 0 Å². The first-order valence-corrected chi connectivity index (χ1v) is 7.81. The van der Waals surface area contributed by atoms with E-state index in [0.29, 0.717) is 25.9 Å². The average Bonchev–Trinajstić information content (AvgIpc) is 2.86. The van der Waals surface area contributed by atoms with Gasteiger partial charge in [-0.05, 0) is 25.0 Å². The maximum atomic E-state index is 12.5. The Bertz CT molecular complexity index is 543. The van der Waals surface area contributed by atoms with Gasteiger partial charge in [0.1, 0.15) is 5.75 Å². The van der Waals surface area contributed by atoms with Crippen molar-refractivity contribution in [1.29, 1.82) is 0 Å². The van der Waals surface area contributed by atoms with Crippen molar-refractivity contribution in [3.63, 3.8) is 0 Å². The minimum Gasteiger partial charge on any atom is -0.508 e. The number of aromatic hydroxyl groups is 1. The van der Waals surface area contributed by atoms with Gasteiger partial charge in [0.15, 0.2) is 0 Å². The molecule has 0 aromatic heterocycles. The van der Waals surface area contributed by atoms with E-state index in [2.05, 4.69) is 4.90 Å². The molecule has 0 spiro atoms. The van der Waals surface area contributed by atoms with Gasteiger partial charge in [-0.25, -0.2) is 0 Å². The van der Waals surface area contributed by atoms with Crippen molar-refractivity contribution in [3.05, 3.63) is 24.3 Å². The highest BCUT2D eigenvalue weighted by Crippen LogP contribution is 2.28. The number of phenolic OH excluding ortho intramolecular Hbond substituents is 1. The molecule has 1 aromatic carbocycles. The van der Waals surface area contributed by atoms with E-state index in [1.807, 2.05) is 17.0 Å². The van der Waals surface area contributed by atoms with E-state index in [0.717, 1.165) is 18.8 Å². The van der Waals surface area contributed by atoms with Crippen molar-refractivity contribution in [1.82, 2.24) is 4.90 Å². The number of hydrogen-bond donors (Lipinski definition) is 3. The third-order valence-electron chi connectivity index (χ3n) is 4.71. The summed E-state index contributed by atoms with van der Waals surface area (Å²) in [5.41, 5.74) is 6.77. The van der Waals surface area contributed by atoms with Crippen LogP contribution >= 0.6 is 24.8 Å². The molecule has 3 rings (SSSR count). The smallest absolute Gasteiger partial charge is 0.225 e. The number of carbonyl (C=O) groups excluding carboxylic acids is 1. The number of nitrogens with zero attached hydrogens (tertiary/aromatic N) is 2. The lowest BCUT2D eigenvalue weighted by Gasteiger charge is -2.37. The van der Waals surface area contributed by atoms with Crippen molar-refractivity contribution in [2.24, 2.45) is 11.7 Å². The number of anilines is 1. The summed E-state index contributed by atoms with van der Waals surface area (Å²) in [6.45, 7) is 2.82. The molecular formula is C16H25Cl2N3O3. The third-order valence-corrected chi connectivity index (χ3v) is 4.71. The number of phenols is 1. The normalized spacial score (nSPS) is 26.5. The van der Waals surface area contributed by atoms with Gasteiger partial charge < -0.3 is 25.7 Å². The number of aliphatic hydroxyl groups excluding tert-OH is 1. The fourth-order valence-corrected chi connectivity index (χ4v) is 3.38. The van der Waals surface area contributed by atoms with Crippen LogP contribution in [-0.4, -0.2) is 59.3 Å². The molecule has 0 unspecified atom stereocenters. The molecule has 1 aromatic rings. The molecule has 1 heterocycles. The molecule has 2 aliphatic rings. The summed E-state index contributed by atoms with van der Waals surface area (Å²) in [6.07, 6.45) is 0.502. The maximum Gasteiger partial charge on any atom is 0.225 e. The average molecular weight is 378 g/mol. The summed E-state index contributed by atoms with van der Waals surface area (Å²) in [7, 11) is 0. The fourth-order valence-electron chi connectivity index (χ4n) is 3.38. The predicted molar refractivity (Wildman–Crippen MR) is 98.1 cm³/mol. The topological polar surface area (TPSA) is 90.0 Å². The van der Waals surface area contributed by atoms with Crippen LogP contribution < -0.4 is 10.6 Å². The molecule has 2 fully saturated rings. The van der Waals surface area contributed by atoms with Crippen LogP contribution in [0.4, 0.5) is 5.69 Å². The summed E-state index contributed by atoms with van der Waals surface area (Å²) in [5.74, 6) is 0.227. The minimum atomic E-state index is -0.553. The maximum absolute atomic E-state index is 12.5. The number of carbonyl (C=O) groups is 1. The molecule has 1 amide bonds. The summed E-state index contributed by atoms with van der Waals surface area (Å²) < 4.78 is 0. The standard InChI is InChI=1S/C16H23N3O3.2ClH/c17-14-8-11(9-15(14)21)16(22)19-6-4-18(5-7-19)12-2-1-3-13(20)10-12;;/h1-3,10-11,14-15,20-21H,4-9,17H2;2*1H/t11-,14+,15+;;/m0../s1. The van der Waals surface area contributed by atoms with Crippen molar-refractivity contribution >= 4 is 36.4 Å². The van der Waals surface area contributed by atoms with Gasteiger partial charge in [0.2, 0.25) is 5.91 Å². The van der Waals surface area contributed by atoms with Crippen molar-refractivity contribution < 1.29 is 15.0 Å². The Labute approximate surface area is 154 Å². The zero-order valence-electron chi connectivity index (χ0n) is 13.4. The highest BCUT2D eigenvalue weighted by Gasteiger charge is 2.37. The Morgan fingerprint density at radius 2 is 1.79 bits per heavy atom. The first-order valence-electron chi connectivity index (χ1n) is 7.81. The first-order chi connectivity index (χ1) is 10.5. The second-order valence-electron chi connectivity index (χ2n) is 6.23. The molecule has 0 bridgehead atoms. The molecule has 24 heavy (non-hydrogen) atoms.